The fraction of sp³-hybridized carbons (Fsp3) is 0.316. The summed E-state index contributed by atoms with van der Waals surface area (Å²) < 4.78 is 1.98. The van der Waals surface area contributed by atoms with E-state index < -0.39 is 0 Å². The van der Waals surface area contributed by atoms with Crippen molar-refractivity contribution >= 4 is 28.4 Å². The number of aryl methyl sites for hydroxylation is 2. The molecule has 0 saturated heterocycles. The number of hydrogen-bond donors (Lipinski definition) is 1. The zero-order valence-electron chi connectivity index (χ0n) is 14.6. The Kier molecular flexibility index (Phi) is 5.04. The molecule has 0 radical (unpaired) electrons. The van der Waals surface area contributed by atoms with Crippen LogP contribution < -0.4 is 5.32 Å². The quantitative estimate of drug-likeness (QED) is 0.757. The zero-order valence-corrected chi connectivity index (χ0v) is 15.3. The molecule has 0 saturated carbocycles. The van der Waals surface area contributed by atoms with E-state index in [0.29, 0.717) is 22.6 Å². The lowest BCUT2D eigenvalue weighted by Gasteiger charge is -2.14. The molecule has 6 heteroatoms. The smallest absolute Gasteiger partial charge is 0.253 e. The highest BCUT2D eigenvalue weighted by atomic mass is 35.5. The molecule has 1 atom stereocenters. The van der Waals surface area contributed by atoms with Crippen LogP contribution in [-0.4, -0.2) is 27.2 Å². The lowest BCUT2D eigenvalue weighted by molar-refractivity contribution is 0.0948. The molecule has 0 bridgehead atoms. The molecule has 25 heavy (non-hydrogen) atoms. The van der Waals surface area contributed by atoms with Crippen LogP contribution in [-0.2, 0) is 6.54 Å². The van der Waals surface area contributed by atoms with Gasteiger partial charge in [0.25, 0.3) is 5.91 Å². The summed E-state index contributed by atoms with van der Waals surface area (Å²) in [4.78, 5) is 16.9. The lowest BCUT2D eigenvalue weighted by Crippen LogP contribution is -2.30. The minimum Gasteiger partial charge on any atom is -0.352 e. The Morgan fingerprint density at radius 2 is 2.12 bits per heavy atom. The SMILES string of the molecule is Cc1cc(C)n(CC(C)CNC(=O)c2ccc(Cl)c3cccnc23)n1. The molecule has 2 heterocycles. The number of carbonyl (C=O) groups is 1. The third-order valence-electron chi connectivity index (χ3n) is 4.16. The van der Waals surface area contributed by atoms with Crippen molar-refractivity contribution < 1.29 is 4.79 Å². The van der Waals surface area contributed by atoms with Crippen molar-refractivity contribution in [3.63, 3.8) is 0 Å². The number of hydrogen-bond acceptors (Lipinski definition) is 3. The number of carbonyl (C=O) groups excluding carboxylic acids is 1. The molecule has 130 valence electrons. The van der Waals surface area contributed by atoms with Gasteiger partial charge in [0.05, 0.1) is 21.8 Å². The van der Waals surface area contributed by atoms with Gasteiger partial charge in [-0.05, 0) is 50.1 Å². The zero-order chi connectivity index (χ0) is 18.0. The molecular formula is C19H21ClN4O. The van der Waals surface area contributed by atoms with Gasteiger partial charge in [-0.1, -0.05) is 18.5 Å². The second-order valence-electron chi connectivity index (χ2n) is 6.42. The summed E-state index contributed by atoms with van der Waals surface area (Å²) in [6.07, 6.45) is 1.67. The number of fused-ring (bicyclic) bond motifs is 1. The molecule has 0 aliphatic rings. The molecule has 0 aliphatic carbocycles. The molecule has 3 aromatic rings. The molecule has 0 spiro atoms. The topological polar surface area (TPSA) is 59.8 Å². The van der Waals surface area contributed by atoms with Crippen LogP contribution in [0.15, 0.2) is 36.5 Å². The minimum atomic E-state index is -0.138. The Morgan fingerprint density at radius 3 is 2.84 bits per heavy atom. The van der Waals surface area contributed by atoms with E-state index in [-0.39, 0.29) is 11.8 Å². The van der Waals surface area contributed by atoms with E-state index in [4.69, 9.17) is 11.6 Å². The van der Waals surface area contributed by atoms with Crippen molar-refractivity contribution in [2.24, 2.45) is 5.92 Å². The molecule has 1 N–H and O–H groups in total. The van der Waals surface area contributed by atoms with Crippen molar-refractivity contribution in [2.75, 3.05) is 6.54 Å². The predicted octanol–water partition coefficient (Wildman–Crippen LogP) is 3.77. The van der Waals surface area contributed by atoms with E-state index >= 15 is 0 Å². The van der Waals surface area contributed by atoms with Gasteiger partial charge in [-0.3, -0.25) is 14.5 Å². The minimum absolute atomic E-state index is 0.138. The summed E-state index contributed by atoms with van der Waals surface area (Å²) in [5, 5.41) is 8.84. The Labute approximate surface area is 152 Å². The number of halogens is 1. The van der Waals surface area contributed by atoms with Crippen LogP contribution in [0.1, 0.15) is 28.7 Å². The molecule has 1 aromatic carbocycles. The summed E-state index contributed by atoms with van der Waals surface area (Å²) in [6, 6.07) is 9.19. The van der Waals surface area contributed by atoms with E-state index in [9.17, 15) is 4.79 Å². The number of rotatable bonds is 5. The third kappa shape index (κ3) is 3.82. The molecule has 3 rings (SSSR count). The monoisotopic (exact) mass is 356 g/mol. The number of nitrogens with zero attached hydrogens (tertiary/aromatic N) is 3. The van der Waals surface area contributed by atoms with Gasteiger partial charge in [0.2, 0.25) is 0 Å². The van der Waals surface area contributed by atoms with Gasteiger partial charge in [0.1, 0.15) is 0 Å². The second kappa shape index (κ2) is 7.23. The summed E-state index contributed by atoms with van der Waals surface area (Å²) in [6.45, 7) is 7.44. The second-order valence-corrected chi connectivity index (χ2v) is 6.83. The first-order chi connectivity index (χ1) is 12.0. The number of benzene rings is 1. The van der Waals surface area contributed by atoms with Crippen LogP contribution in [0.4, 0.5) is 0 Å². The highest BCUT2D eigenvalue weighted by Crippen LogP contribution is 2.24. The van der Waals surface area contributed by atoms with E-state index in [0.717, 1.165) is 23.3 Å². The molecule has 0 fully saturated rings. The third-order valence-corrected chi connectivity index (χ3v) is 4.49. The maximum absolute atomic E-state index is 12.6. The highest BCUT2D eigenvalue weighted by Gasteiger charge is 2.14. The summed E-state index contributed by atoms with van der Waals surface area (Å²) in [5.74, 6) is 0.119. The maximum Gasteiger partial charge on any atom is 0.253 e. The lowest BCUT2D eigenvalue weighted by atomic mass is 10.1. The molecule has 0 aliphatic heterocycles. The van der Waals surface area contributed by atoms with Crippen LogP contribution in [0.2, 0.25) is 5.02 Å². The fourth-order valence-electron chi connectivity index (χ4n) is 2.90. The highest BCUT2D eigenvalue weighted by molar-refractivity contribution is 6.36. The average Bonchev–Trinajstić information content (AvgIpc) is 2.90. The van der Waals surface area contributed by atoms with Crippen LogP contribution in [0, 0.1) is 19.8 Å². The normalized spacial score (nSPS) is 12.3. The van der Waals surface area contributed by atoms with Gasteiger partial charge < -0.3 is 5.32 Å². The van der Waals surface area contributed by atoms with Gasteiger partial charge in [-0.15, -0.1) is 0 Å². The van der Waals surface area contributed by atoms with Gasteiger partial charge in [-0.25, -0.2) is 0 Å². The van der Waals surface area contributed by atoms with Crippen LogP contribution in [0.3, 0.4) is 0 Å². The Balaban J connectivity index is 1.69. The number of aromatic nitrogens is 3. The number of amides is 1. The van der Waals surface area contributed by atoms with Crippen molar-refractivity contribution in [1.82, 2.24) is 20.1 Å². The van der Waals surface area contributed by atoms with E-state index in [2.05, 4.69) is 28.4 Å². The first-order valence-electron chi connectivity index (χ1n) is 8.28. The average molecular weight is 357 g/mol. The van der Waals surface area contributed by atoms with E-state index in [1.807, 2.05) is 30.7 Å². The van der Waals surface area contributed by atoms with Crippen LogP contribution in [0.5, 0.6) is 0 Å². The first kappa shape index (κ1) is 17.4. The summed E-state index contributed by atoms with van der Waals surface area (Å²) in [5.41, 5.74) is 3.30. The Bertz CT molecular complexity index is 919. The number of pyridine rings is 1. The van der Waals surface area contributed by atoms with Crippen molar-refractivity contribution in [1.29, 1.82) is 0 Å². The van der Waals surface area contributed by atoms with Crippen LogP contribution in [0.25, 0.3) is 10.9 Å². The summed E-state index contributed by atoms with van der Waals surface area (Å²) >= 11 is 6.19. The largest absolute Gasteiger partial charge is 0.352 e. The van der Waals surface area contributed by atoms with Crippen molar-refractivity contribution in [2.45, 2.75) is 27.3 Å². The predicted molar refractivity (Wildman–Crippen MR) is 100.0 cm³/mol. The van der Waals surface area contributed by atoms with Gasteiger partial charge >= 0.3 is 0 Å². The summed E-state index contributed by atoms with van der Waals surface area (Å²) in [7, 11) is 0. The van der Waals surface area contributed by atoms with Crippen molar-refractivity contribution in [3.8, 4) is 0 Å². The molecular weight excluding hydrogens is 336 g/mol. The maximum atomic E-state index is 12.6. The Morgan fingerprint density at radius 1 is 1.32 bits per heavy atom. The van der Waals surface area contributed by atoms with E-state index in [1.165, 1.54) is 0 Å². The molecule has 1 amide bonds. The van der Waals surface area contributed by atoms with Crippen molar-refractivity contribution in [3.05, 3.63) is 58.5 Å². The van der Waals surface area contributed by atoms with Gasteiger partial charge in [0.15, 0.2) is 0 Å². The first-order valence-corrected chi connectivity index (χ1v) is 8.66. The van der Waals surface area contributed by atoms with Gasteiger partial charge in [-0.2, -0.15) is 5.10 Å². The molecule has 2 aromatic heterocycles. The van der Waals surface area contributed by atoms with Gasteiger partial charge in [0, 0.05) is 30.4 Å². The van der Waals surface area contributed by atoms with E-state index in [1.54, 1.807) is 18.3 Å². The molecule has 1 unspecified atom stereocenters. The fourth-order valence-corrected chi connectivity index (χ4v) is 3.12. The van der Waals surface area contributed by atoms with Crippen LogP contribution >= 0.6 is 11.6 Å². The molecule has 5 nitrogen and oxygen atoms in total. The standard InChI is InChI=1S/C19H21ClN4O/c1-12(11-24-14(3)9-13(2)23-24)10-22-19(25)16-6-7-17(20)15-5-4-8-21-18(15)16/h4-9,12H,10-11H2,1-3H3,(H,22,25). The Hall–Kier alpha value is -2.40. The number of nitrogens with one attached hydrogen (secondary N) is 1.